The lowest BCUT2D eigenvalue weighted by Gasteiger charge is -2.38. The molecule has 2 aliphatic carbocycles. The van der Waals surface area contributed by atoms with Crippen LogP contribution in [0.1, 0.15) is 252 Å². The summed E-state index contributed by atoms with van der Waals surface area (Å²) in [6.45, 7) is 62.6. The zero-order valence-corrected chi connectivity index (χ0v) is 90.8. The second-order valence-corrected chi connectivity index (χ2v) is 47.0. The van der Waals surface area contributed by atoms with Crippen LogP contribution in [0.15, 0.2) is 392 Å². The molecule has 0 amide bonds. The molecule has 19 aromatic rings. The molecule has 21 rings (SSSR count). The van der Waals surface area contributed by atoms with E-state index in [-0.39, 0.29) is 60.3 Å². The Morgan fingerprint density at radius 1 is 0.255 bits per heavy atom. The summed E-state index contributed by atoms with van der Waals surface area (Å²) in [6, 6.07) is 111. The van der Waals surface area contributed by atoms with Crippen molar-refractivity contribution in [2.24, 2.45) is 17.8 Å². The predicted molar refractivity (Wildman–Crippen MR) is 636 cm³/mol. The third-order valence-corrected chi connectivity index (χ3v) is 26.3. The number of benzene rings is 18. The number of furan rings is 1. The Morgan fingerprint density at radius 3 is 1.23 bits per heavy atom. The van der Waals surface area contributed by atoms with Crippen LogP contribution >= 0.6 is 0 Å². The third kappa shape index (κ3) is 25.2. The van der Waals surface area contributed by atoms with Gasteiger partial charge in [0.15, 0.2) is 0 Å². The van der Waals surface area contributed by atoms with Gasteiger partial charge >= 0.3 is 0 Å². The molecule has 0 fully saturated rings. The molecule has 0 radical (unpaired) electrons. The third-order valence-electron chi connectivity index (χ3n) is 26.3. The summed E-state index contributed by atoms with van der Waals surface area (Å²) in [5.74, 6) is 2.50. The molecule has 0 bridgehead atoms. The van der Waals surface area contributed by atoms with E-state index in [0.29, 0.717) is 11.4 Å². The molecule has 740 valence electrons. The first-order valence-corrected chi connectivity index (χ1v) is 51.6. The summed E-state index contributed by atoms with van der Waals surface area (Å²) in [4.78, 5) is 2.47. The molecule has 0 spiro atoms. The first-order chi connectivity index (χ1) is 72.9. The van der Waals surface area contributed by atoms with Crippen molar-refractivity contribution < 1.29 is 18.1 Å². The first-order valence-electron chi connectivity index (χ1n) is 56.6. The summed E-state index contributed by atoms with van der Waals surface area (Å²) in [5, 5.41) is 20.7. The highest BCUT2D eigenvalue weighted by molar-refractivity contribution is 6.09. The smallest absolute Gasteiger partial charge is 0.139 e. The maximum absolute atomic E-state index is 8.52. The van der Waals surface area contributed by atoms with E-state index in [1.54, 1.807) is 12.1 Å². The molecule has 3 N–H and O–H groups in total. The topological polar surface area (TPSA) is 52.5 Å². The Labute approximate surface area is 882 Å². The molecule has 145 heavy (non-hydrogen) atoms. The molecule has 0 unspecified atom stereocenters. The molecular formula is C140H154N4O. The van der Waals surface area contributed by atoms with E-state index in [2.05, 4.69) is 500 Å². The van der Waals surface area contributed by atoms with Gasteiger partial charge in [0.05, 0.1) is 13.7 Å². The number of hydrogen-bond acceptors (Lipinski definition) is 5. The number of nitrogens with zero attached hydrogens (tertiary/aromatic N) is 1. The number of nitrogens with one attached hydrogen (secondary N) is 3. The van der Waals surface area contributed by atoms with Gasteiger partial charge in [0.25, 0.3) is 0 Å². The number of hydrogen-bond donors (Lipinski definition) is 3. The van der Waals surface area contributed by atoms with Crippen molar-refractivity contribution in [2.75, 3.05) is 20.9 Å². The van der Waals surface area contributed by atoms with Gasteiger partial charge in [-0.25, -0.2) is 0 Å². The minimum absolute atomic E-state index is 0.00430. The van der Waals surface area contributed by atoms with Crippen LogP contribution in [0.5, 0.6) is 0 Å². The molecule has 0 aliphatic heterocycles. The Kier molecular flexibility index (Phi) is 27.7. The second kappa shape index (κ2) is 43.7. The van der Waals surface area contributed by atoms with Gasteiger partial charge in [-0.05, 0) is 313 Å². The van der Waals surface area contributed by atoms with Crippen molar-refractivity contribution in [3.63, 3.8) is 0 Å². The first kappa shape index (κ1) is 91.9. The summed E-state index contributed by atoms with van der Waals surface area (Å²) >= 11 is 0. The van der Waals surface area contributed by atoms with E-state index < -0.39 is 60.4 Å². The summed E-state index contributed by atoms with van der Waals surface area (Å²) in [5.41, 5.74) is 31.2. The van der Waals surface area contributed by atoms with Crippen molar-refractivity contribution in [1.82, 2.24) is 0 Å². The molecule has 5 heteroatoms. The van der Waals surface area contributed by atoms with Crippen molar-refractivity contribution in [3.8, 4) is 66.8 Å². The van der Waals surface area contributed by atoms with E-state index in [4.69, 9.17) is 18.1 Å². The van der Waals surface area contributed by atoms with Gasteiger partial charge in [0.1, 0.15) is 11.2 Å². The average Bonchev–Trinajstić information content (AvgIpc) is 1.69. The monoisotopic (exact) mass is 1920 g/mol. The minimum atomic E-state index is -0.526. The molecule has 0 saturated carbocycles. The SMILES string of the molecule is CC(C)(C)c1cc(Nc2ccc3c(ccc4ccccc43)c2)cc(C(C)(C)C)c1.CC(C)(C)c1cccc2c1oc1cc(Nc3ccc4c(c3)C(C)(C)c3ccccc3-4)ccc12.CC(C)C.CC(C)C.CC(C)C.CC1(C)c2cc(N(c3ccc(-c4ccccc4)cc3)C(C)(C)C)ccc2-c2cc3ccccc3cc21.[2H]c1c([2H])c([2H])c(-c2cc(Nc3ccc(-c4ccc(C(C)(C)C)cc4)cc3)cc(-c3c([2H])c([2H])c([2H])c([2H])c3[2H])c2)c([2H])c1[2H]. The molecule has 5 nitrogen and oxygen atoms in total. The Hall–Kier alpha value is -14.3. The lowest BCUT2D eigenvalue weighted by molar-refractivity contribution is 0.559. The molecule has 1 heterocycles. The van der Waals surface area contributed by atoms with Crippen LogP contribution in [-0.4, -0.2) is 5.54 Å². The van der Waals surface area contributed by atoms with Gasteiger partial charge < -0.3 is 25.3 Å². The normalized spacial score (nSPS) is 13.7. The number of rotatable bonds is 12. The summed E-state index contributed by atoms with van der Waals surface area (Å²) in [7, 11) is 0. The quantitative estimate of drug-likeness (QED) is 0.106. The highest BCUT2D eigenvalue weighted by atomic mass is 16.3. The molecule has 1 aromatic heterocycles. The van der Waals surface area contributed by atoms with Gasteiger partial charge in [-0.15, -0.1) is 0 Å². The fourth-order valence-electron chi connectivity index (χ4n) is 19.0. The van der Waals surface area contributed by atoms with Crippen molar-refractivity contribution in [2.45, 2.75) is 232 Å². The number of para-hydroxylation sites is 1. The van der Waals surface area contributed by atoms with Crippen LogP contribution in [0.25, 0.3) is 121 Å². The average molecular weight is 1920 g/mol. The minimum Gasteiger partial charge on any atom is -0.456 e. The van der Waals surface area contributed by atoms with Crippen LogP contribution < -0.4 is 20.9 Å². The van der Waals surface area contributed by atoms with Gasteiger partial charge in [0.2, 0.25) is 0 Å². The Bertz CT molecular complexity index is 8150. The molecule has 18 aromatic carbocycles. The van der Waals surface area contributed by atoms with Gasteiger partial charge in [-0.1, -0.05) is 440 Å². The van der Waals surface area contributed by atoms with Crippen LogP contribution in [0.3, 0.4) is 0 Å². The molecule has 0 saturated heterocycles. The highest BCUT2D eigenvalue weighted by Crippen LogP contribution is 2.54. The Balaban J connectivity index is 0.000000149. The van der Waals surface area contributed by atoms with E-state index in [9.17, 15) is 0 Å². The number of anilines is 8. The second-order valence-electron chi connectivity index (χ2n) is 47.0. The van der Waals surface area contributed by atoms with Gasteiger partial charge in [-0.3, -0.25) is 0 Å². The van der Waals surface area contributed by atoms with E-state index in [1.807, 2.05) is 24.3 Å². The molecular weight excluding hydrogens is 1750 g/mol. The maximum Gasteiger partial charge on any atom is 0.139 e. The van der Waals surface area contributed by atoms with Crippen LogP contribution in [0.4, 0.5) is 45.5 Å². The fraction of sp³-hybridized carbons (Fsp3) is 0.271. The van der Waals surface area contributed by atoms with E-state index >= 15 is 0 Å². The van der Waals surface area contributed by atoms with E-state index in [0.717, 1.165) is 68.2 Å². The Morgan fingerprint density at radius 2 is 0.662 bits per heavy atom. The highest BCUT2D eigenvalue weighted by Gasteiger charge is 2.39. The molecule has 2 aliphatic rings. The lowest BCUT2D eigenvalue weighted by Crippen LogP contribution is -2.37. The maximum atomic E-state index is 8.52. The van der Waals surface area contributed by atoms with Crippen LogP contribution in [0.2, 0.25) is 0 Å². The zero-order valence-electron chi connectivity index (χ0n) is 101. The van der Waals surface area contributed by atoms with Crippen molar-refractivity contribution >= 4 is 99.8 Å². The van der Waals surface area contributed by atoms with E-state index in [1.165, 1.54) is 133 Å². The van der Waals surface area contributed by atoms with Gasteiger partial charge in [0, 0.05) is 84.3 Å². The zero-order chi connectivity index (χ0) is 113. The number of fused-ring (bicyclic) bond motifs is 13. The lowest BCUT2D eigenvalue weighted by atomic mass is 9.80. The standard InChI is InChI=1S/C35H33N.C34H31N.C31H29NO.C28H31N.3C4H10/c1-34(2,3)36(28-17-15-25(16-18-28)24-11-7-6-8-12-24)29-19-20-30-31-21-26-13-9-10-14-27(26)22-32(31)35(4,5)33(30)23-29;1-34(2,3)31-18-14-27(15-19-31)28-16-20-32(21-17-28)35-33-23-29(25-10-6-4-7-11-25)22-30(24-33)26-12-8-5-9-13-26;1-30(2,3)26-12-8-10-24-23-16-14-20(18-28(23)33-29(24)26)32-19-13-15-22-21-9-6-7-11-25(21)31(4,5)27(22)17-19;1-27(2,3)21-16-22(28(4,5)6)18-24(17-21)29-23-13-14-26-20(15-23)12-11-19-9-7-8-10-25(19)26;3*1-4(2)3/h6-23H,1-5H3;4-24,35H,1-3H3;6-18,32H,1-5H3;7-18,29H,1-6H3;3*4H,1-3H3/i;4D,5D,6D,7D,8D,9D,10D,11D,12D,13D;;;;;. The summed E-state index contributed by atoms with van der Waals surface area (Å²) < 4.78 is 89.1. The summed E-state index contributed by atoms with van der Waals surface area (Å²) in [6.07, 6.45) is 0. The van der Waals surface area contributed by atoms with Crippen LogP contribution in [0, 0.1) is 17.8 Å². The van der Waals surface area contributed by atoms with Gasteiger partial charge in [-0.2, -0.15) is 0 Å². The molecule has 0 atom stereocenters. The predicted octanol–water partition coefficient (Wildman–Crippen LogP) is 41.7. The fourth-order valence-corrected chi connectivity index (χ4v) is 19.0. The largest absolute Gasteiger partial charge is 0.456 e. The van der Waals surface area contributed by atoms with Crippen LogP contribution in [-0.2, 0) is 32.5 Å². The van der Waals surface area contributed by atoms with Crippen molar-refractivity contribution in [3.05, 3.63) is 433 Å². The van der Waals surface area contributed by atoms with Crippen molar-refractivity contribution in [1.29, 1.82) is 0 Å².